The molecule has 22 heavy (non-hydrogen) atoms. The van der Waals surface area contributed by atoms with Gasteiger partial charge in [-0.3, -0.25) is 9.78 Å². The highest BCUT2D eigenvalue weighted by atomic mass is 16.5. The molecule has 2 aliphatic rings. The van der Waals surface area contributed by atoms with Gasteiger partial charge >= 0.3 is 0 Å². The Morgan fingerprint density at radius 1 is 1.18 bits per heavy atom. The van der Waals surface area contributed by atoms with Crippen LogP contribution in [0.25, 0.3) is 0 Å². The quantitative estimate of drug-likeness (QED) is 0.910. The van der Waals surface area contributed by atoms with Gasteiger partial charge in [-0.15, -0.1) is 0 Å². The molecular weight excluding hydrogens is 276 g/mol. The zero-order valence-electron chi connectivity index (χ0n) is 13.2. The topological polar surface area (TPSA) is 51.2 Å². The Morgan fingerprint density at radius 3 is 2.73 bits per heavy atom. The van der Waals surface area contributed by atoms with Gasteiger partial charge in [0, 0.05) is 24.7 Å². The van der Waals surface area contributed by atoms with Crippen molar-refractivity contribution in [2.75, 3.05) is 13.2 Å². The van der Waals surface area contributed by atoms with E-state index in [0.717, 1.165) is 13.0 Å². The molecule has 1 aliphatic carbocycles. The van der Waals surface area contributed by atoms with Gasteiger partial charge in [0.1, 0.15) is 0 Å². The van der Waals surface area contributed by atoms with Crippen LogP contribution in [0.3, 0.4) is 0 Å². The Labute approximate surface area is 132 Å². The first-order valence-corrected chi connectivity index (χ1v) is 8.57. The number of hydrogen-bond donors (Lipinski definition) is 1. The number of aromatic nitrogens is 1. The zero-order chi connectivity index (χ0) is 15.2. The molecule has 0 bridgehead atoms. The Kier molecular flexibility index (Phi) is 5.43. The van der Waals surface area contributed by atoms with E-state index >= 15 is 0 Å². The first-order valence-electron chi connectivity index (χ1n) is 8.57. The summed E-state index contributed by atoms with van der Waals surface area (Å²) in [7, 11) is 0. The summed E-state index contributed by atoms with van der Waals surface area (Å²) in [6.45, 7) is 1.38. The van der Waals surface area contributed by atoms with Crippen LogP contribution in [-0.4, -0.2) is 30.1 Å². The fraction of sp³-hybridized carbons (Fsp3) is 0.667. The molecule has 4 nitrogen and oxygen atoms in total. The predicted molar refractivity (Wildman–Crippen MR) is 85.4 cm³/mol. The van der Waals surface area contributed by atoms with Crippen LogP contribution < -0.4 is 5.32 Å². The monoisotopic (exact) mass is 302 g/mol. The van der Waals surface area contributed by atoms with E-state index in [9.17, 15) is 4.79 Å². The molecule has 3 rings (SSSR count). The van der Waals surface area contributed by atoms with Crippen LogP contribution in [0.1, 0.15) is 44.1 Å². The van der Waals surface area contributed by atoms with E-state index in [1.165, 1.54) is 37.7 Å². The minimum atomic E-state index is 0.157. The van der Waals surface area contributed by atoms with Crippen molar-refractivity contribution in [3.05, 3.63) is 30.1 Å². The average molecular weight is 302 g/mol. The largest absolute Gasteiger partial charge is 0.379 e. The molecule has 1 N–H and O–H groups in total. The van der Waals surface area contributed by atoms with Gasteiger partial charge in [-0.25, -0.2) is 0 Å². The van der Waals surface area contributed by atoms with E-state index in [4.69, 9.17) is 4.74 Å². The molecule has 120 valence electrons. The molecule has 1 saturated carbocycles. The van der Waals surface area contributed by atoms with Crippen molar-refractivity contribution in [3.63, 3.8) is 0 Å². The number of amides is 1. The second-order valence-corrected chi connectivity index (χ2v) is 6.74. The molecule has 1 aliphatic heterocycles. The van der Waals surface area contributed by atoms with Crippen molar-refractivity contribution in [3.8, 4) is 0 Å². The fourth-order valence-corrected chi connectivity index (χ4v) is 3.70. The number of nitrogens with zero attached hydrogens (tertiary/aromatic N) is 1. The summed E-state index contributed by atoms with van der Waals surface area (Å²) >= 11 is 0. The van der Waals surface area contributed by atoms with Crippen molar-refractivity contribution < 1.29 is 9.53 Å². The normalized spacial score (nSPS) is 26.0. The molecule has 0 unspecified atom stereocenters. The molecule has 2 fully saturated rings. The summed E-state index contributed by atoms with van der Waals surface area (Å²) in [6.07, 6.45) is 11.6. The Bertz CT molecular complexity index is 471. The molecule has 2 heterocycles. The summed E-state index contributed by atoms with van der Waals surface area (Å²) in [5.74, 6) is 1.18. The van der Waals surface area contributed by atoms with Crippen LogP contribution in [0, 0.1) is 11.8 Å². The lowest BCUT2D eigenvalue weighted by Crippen LogP contribution is -2.41. The van der Waals surface area contributed by atoms with Crippen LogP contribution in [0.5, 0.6) is 0 Å². The molecule has 1 amide bonds. The van der Waals surface area contributed by atoms with Crippen molar-refractivity contribution >= 4 is 5.91 Å². The van der Waals surface area contributed by atoms with Gasteiger partial charge in [0.2, 0.25) is 5.91 Å². The van der Waals surface area contributed by atoms with Gasteiger partial charge in [-0.1, -0.05) is 19.3 Å². The lowest BCUT2D eigenvalue weighted by molar-refractivity contribution is -0.123. The minimum absolute atomic E-state index is 0.157. The second kappa shape index (κ2) is 7.73. The van der Waals surface area contributed by atoms with Crippen molar-refractivity contribution in [2.45, 2.75) is 51.0 Å². The Balaban J connectivity index is 1.49. The maximum atomic E-state index is 12.3. The minimum Gasteiger partial charge on any atom is -0.379 e. The number of carbonyl (C=O) groups excluding carboxylic acids is 1. The number of pyridine rings is 1. The molecule has 1 aromatic rings. The highest BCUT2D eigenvalue weighted by Gasteiger charge is 2.30. The molecule has 0 aromatic carbocycles. The van der Waals surface area contributed by atoms with Crippen LogP contribution in [0.4, 0.5) is 0 Å². The van der Waals surface area contributed by atoms with Gasteiger partial charge in [-0.2, -0.15) is 0 Å². The van der Waals surface area contributed by atoms with Crippen molar-refractivity contribution in [2.24, 2.45) is 11.8 Å². The van der Waals surface area contributed by atoms with Crippen LogP contribution in [0.15, 0.2) is 24.5 Å². The van der Waals surface area contributed by atoms with Crippen molar-refractivity contribution in [1.82, 2.24) is 10.3 Å². The predicted octanol–water partition coefficient (Wildman–Crippen LogP) is 2.73. The standard InChI is InChI=1S/C18H26N2O2/c21-18(11-14-4-2-1-3-5-14)20-17-13-22-12-16(17)10-15-6-8-19-9-7-15/h6-9,14,16-17H,1-5,10-13H2,(H,20,21)/t16-,17+/m1/s1. The number of ether oxygens (including phenoxy) is 1. The smallest absolute Gasteiger partial charge is 0.220 e. The number of rotatable bonds is 5. The first-order chi connectivity index (χ1) is 10.8. The van der Waals surface area contributed by atoms with Gasteiger partial charge < -0.3 is 10.1 Å². The summed E-state index contributed by atoms with van der Waals surface area (Å²) in [5.41, 5.74) is 1.26. The summed E-state index contributed by atoms with van der Waals surface area (Å²) < 4.78 is 5.60. The van der Waals surface area contributed by atoms with E-state index in [0.29, 0.717) is 24.9 Å². The molecule has 4 heteroatoms. The molecule has 0 spiro atoms. The summed E-state index contributed by atoms with van der Waals surface area (Å²) in [6, 6.07) is 4.24. The maximum Gasteiger partial charge on any atom is 0.220 e. The number of carbonyl (C=O) groups is 1. The van der Waals surface area contributed by atoms with Gasteiger partial charge in [0.25, 0.3) is 0 Å². The highest BCUT2D eigenvalue weighted by molar-refractivity contribution is 5.76. The third-order valence-electron chi connectivity index (χ3n) is 4.99. The number of hydrogen-bond acceptors (Lipinski definition) is 3. The molecular formula is C18H26N2O2. The zero-order valence-corrected chi connectivity index (χ0v) is 13.2. The van der Waals surface area contributed by atoms with Crippen LogP contribution in [0.2, 0.25) is 0 Å². The van der Waals surface area contributed by atoms with E-state index in [1.54, 1.807) is 0 Å². The fourth-order valence-electron chi connectivity index (χ4n) is 3.70. The van der Waals surface area contributed by atoms with E-state index in [-0.39, 0.29) is 11.9 Å². The third kappa shape index (κ3) is 4.29. The van der Waals surface area contributed by atoms with Gasteiger partial charge in [-0.05, 0) is 42.9 Å². The van der Waals surface area contributed by atoms with Crippen LogP contribution in [-0.2, 0) is 16.0 Å². The second-order valence-electron chi connectivity index (χ2n) is 6.74. The van der Waals surface area contributed by atoms with Gasteiger partial charge in [0.15, 0.2) is 0 Å². The summed E-state index contributed by atoms with van der Waals surface area (Å²) in [4.78, 5) is 16.3. The lowest BCUT2D eigenvalue weighted by Gasteiger charge is -2.23. The SMILES string of the molecule is O=C(CC1CCCCC1)N[C@H]1COC[C@H]1Cc1ccncc1. The maximum absolute atomic E-state index is 12.3. The number of nitrogens with one attached hydrogen (secondary N) is 1. The van der Waals surface area contributed by atoms with E-state index < -0.39 is 0 Å². The molecule has 1 aromatic heterocycles. The molecule has 0 radical (unpaired) electrons. The Morgan fingerprint density at radius 2 is 1.95 bits per heavy atom. The molecule has 2 atom stereocenters. The first kappa shape index (κ1) is 15.5. The molecule has 1 saturated heterocycles. The van der Waals surface area contributed by atoms with E-state index in [2.05, 4.69) is 10.3 Å². The highest BCUT2D eigenvalue weighted by Crippen LogP contribution is 2.26. The van der Waals surface area contributed by atoms with E-state index in [1.807, 2.05) is 24.5 Å². The lowest BCUT2D eigenvalue weighted by atomic mass is 9.86. The van der Waals surface area contributed by atoms with Crippen LogP contribution >= 0.6 is 0 Å². The summed E-state index contributed by atoms with van der Waals surface area (Å²) in [5, 5.41) is 3.22. The van der Waals surface area contributed by atoms with Crippen molar-refractivity contribution in [1.29, 1.82) is 0 Å². The third-order valence-corrected chi connectivity index (χ3v) is 4.99. The van der Waals surface area contributed by atoms with Gasteiger partial charge in [0.05, 0.1) is 19.3 Å². The average Bonchev–Trinajstić information content (AvgIpc) is 2.96. The Hall–Kier alpha value is -1.42.